The summed E-state index contributed by atoms with van der Waals surface area (Å²) in [6.07, 6.45) is 3.33. The molecule has 1 aliphatic rings. The third kappa shape index (κ3) is 5.68. The Hall–Kier alpha value is -1.66. The van der Waals surface area contributed by atoms with E-state index >= 15 is 0 Å². The highest BCUT2D eigenvalue weighted by Crippen LogP contribution is 2.30. The SMILES string of the molecule is CCN(CC)CC[C@@H]1CN(C(=O)c2ccnc(Cl)c2)CC[C@H]1CC(=O)O. The zero-order valence-electron chi connectivity index (χ0n) is 15.5. The van der Waals surface area contributed by atoms with Gasteiger partial charge in [-0.2, -0.15) is 0 Å². The predicted octanol–water partition coefficient (Wildman–Crippen LogP) is 3.02. The van der Waals surface area contributed by atoms with Gasteiger partial charge in [0.05, 0.1) is 0 Å². The number of pyridine rings is 1. The smallest absolute Gasteiger partial charge is 0.303 e. The van der Waals surface area contributed by atoms with Crippen molar-refractivity contribution in [3.63, 3.8) is 0 Å². The second-order valence-corrected chi connectivity index (χ2v) is 7.23. The Kier molecular flexibility index (Phi) is 7.85. The summed E-state index contributed by atoms with van der Waals surface area (Å²) in [7, 11) is 0. The quantitative estimate of drug-likeness (QED) is 0.700. The van der Waals surface area contributed by atoms with Crippen LogP contribution in [0.4, 0.5) is 0 Å². The number of hydrogen-bond acceptors (Lipinski definition) is 4. The highest BCUT2D eigenvalue weighted by molar-refractivity contribution is 6.29. The van der Waals surface area contributed by atoms with Crippen LogP contribution in [0.3, 0.4) is 0 Å². The lowest BCUT2D eigenvalue weighted by molar-refractivity contribution is -0.139. The van der Waals surface area contributed by atoms with Gasteiger partial charge in [-0.1, -0.05) is 25.4 Å². The van der Waals surface area contributed by atoms with Crippen LogP contribution >= 0.6 is 11.6 Å². The topological polar surface area (TPSA) is 73.7 Å². The fourth-order valence-electron chi connectivity index (χ4n) is 3.69. The fourth-order valence-corrected chi connectivity index (χ4v) is 3.87. The maximum Gasteiger partial charge on any atom is 0.303 e. The van der Waals surface area contributed by atoms with Gasteiger partial charge in [0, 0.05) is 31.3 Å². The van der Waals surface area contributed by atoms with Crippen molar-refractivity contribution < 1.29 is 14.7 Å². The molecule has 0 radical (unpaired) electrons. The molecule has 1 fully saturated rings. The molecule has 2 heterocycles. The number of aromatic nitrogens is 1. The number of hydrogen-bond donors (Lipinski definition) is 1. The molecule has 144 valence electrons. The second kappa shape index (κ2) is 9.88. The van der Waals surface area contributed by atoms with Crippen LogP contribution < -0.4 is 0 Å². The number of aliphatic carboxylic acids is 1. The van der Waals surface area contributed by atoms with Crippen molar-refractivity contribution >= 4 is 23.5 Å². The van der Waals surface area contributed by atoms with Crippen LogP contribution in [0, 0.1) is 11.8 Å². The number of carbonyl (C=O) groups is 2. The molecule has 1 N–H and O–H groups in total. The lowest BCUT2D eigenvalue weighted by atomic mass is 9.81. The normalized spacial score (nSPS) is 20.4. The van der Waals surface area contributed by atoms with E-state index in [9.17, 15) is 14.7 Å². The summed E-state index contributed by atoms with van der Waals surface area (Å²) in [4.78, 5) is 32.1. The molecular formula is C19H28ClN3O3. The van der Waals surface area contributed by atoms with Crippen molar-refractivity contribution in [3.8, 4) is 0 Å². The molecule has 0 unspecified atom stereocenters. The number of carboxylic acids is 1. The molecule has 1 amide bonds. The summed E-state index contributed by atoms with van der Waals surface area (Å²) in [6, 6.07) is 3.25. The number of piperidine rings is 1. The van der Waals surface area contributed by atoms with Gasteiger partial charge in [0.1, 0.15) is 5.15 Å². The molecule has 7 heteroatoms. The minimum atomic E-state index is -0.761. The third-order valence-electron chi connectivity index (χ3n) is 5.30. The predicted molar refractivity (Wildman–Crippen MR) is 101 cm³/mol. The van der Waals surface area contributed by atoms with E-state index in [4.69, 9.17) is 11.6 Å². The standard InChI is InChI=1S/C19H28ClN3O3/c1-3-22(4-2)9-6-16-13-23(10-7-14(16)12-18(24)25)19(26)15-5-8-21-17(20)11-15/h5,8,11,14,16H,3-4,6-7,9-10,12-13H2,1-2H3,(H,24,25)/t14-,16+/m0/s1. The fraction of sp³-hybridized carbons (Fsp3) is 0.632. The number of carbonyl (C=O) groups excluding carboxylic acids is 1. The number of amides is 1. The Morgan fingerprint density at radius 2 is 2.08 bits per heavy atom. The Labute approximate surface area is 160 Å². The molecule has 2 atom stereocenters. The number of carboxylic acid groups (broad SMARTS) is 1. The average molecular weight is 382 g/mol. The van der Waals surface area contributed by atoms with Crippen molar-refractivity contribution in [1.29, 1.82) is 0 Å². The summed E-state index contributed by atoms with van der Waals surface area (Å²) in [5.74, 6) is -0.505. The summed E-state index contributed by atoms with van der Waals surface area (Å²) in [5.41, 5.74) is 0.532. The molecule has 0 saturated carbocycles. The first-order valence-corrected chi connectivity index (χ1v) is 9.67. The molecule has 0 spiro atoms. The molecule has 1 saturated heterocycles. The Bertz CT molecular complexity index is 622. The molecular weight excluding hydrogens is 354 g/mol. The van der Waals surface area contributed by atoms with Crippen LogP contribution in [0.15, 0.2) is 18.3 Å². The molecule has 2 rings (SSSR count). The van der Waals surface area contributed by atoms with Gasteiger partial charge >= 0.3 is 5.97 Å². The van der Waals surface area contributed by atoms with Crippen molar-refractivity contribution in [2.24, 2.45) is 11.8 Å². The Morgan fingerprint density at radius 3 is 2.69 bits per heavy atom. The van der Waals surface area contributed by atoms with Crippen molar-refractivity contribution in [1.82, 2.24) is 14.8 Å². The molecule has 1 aromatic heterocycles. The molecule has 0 bridgehead atoms. The third-order valence-corrected chi connectivity index (χ3v) is 5.51. The first-order valence-electron chi connectivity index (χ1n) is 9.29. The highest BCUT2D eigenvalue weighted by Gasteiger charge is 2.33. The summed E-state index contributed by atoms with van der Waals surface area (Å²) < 4.78 is 0. The lowest BCUT2D eigenvalue weighted by Crippen LogP contribution is -2.45. The second-order valence-electron chi connectivity index (χ2n) is 6.84. The monoisotopic (exact) mass is 381 g/mol. The van der Waals surface area contributed by atoms with Crippen LogP contribution in [0.1, 0.15) is 43.5 Å². The molecule has 1 aromatic rings. The van der Waals surface area contributed by atoms with E-state index in [0.29, 0.717) is 23.8 Å². The highest BCUT2D eigenvalue weighted by atomic mass is 35.5. The minimum absolute atomic E-state index is 0.0593. The van der Waals surface area contributed by atoms with Gasteiger partial charge in [0.2, 0.25) is 0 Å². The first kappa shape index (κ1) is 20.6. The van der Waals surface area contributed by atoms with Crippen molar-refractivity contribution in [2.45, 2.75) is 33.1 Å². The molecule has 26 heavy (non-hydrogen) atoms. The zero-order chi connectivity index (χ0) is 19.1. The lowest BCUT2D eigenvalue weighted by Gasteiger charge is -2.39. The van der Waals surface area contributed by atoms with E-state index in [2.05, 4.69) is 23.7 Å². The molecule has 0 aliphatic carbocycles. The van der Waals surface area contributed by atoms with Crippen molar-refractivity contribution in [2.75, 3.05) is 32.7 Å². The molecule has 0 aromatic carbocycles. The maximum atomic E-state index is 12.8. The van der Waals surface area contributed by atoms with E-state index in [0.717, 1.165) is 32.5 Å². The number of nitrogens with zero attached hydrogens (tertiary/aromatic N) is 3. The average Bonchev–Trinajstić information content (AvgIpc) is 2.62. The van der Waals surface area contributed by atoms with E-state index in [1.54, 1.807) is 12.1 Å². The Balaban J connectivity index is 2.07. The van der Waals surface area contributed by atoms with Gasteiger partial charge in [-0.25, -0.2) is 4.98 Å². The van der Waals surface area contributed by atoms with Gasteiger partial charge in [0.15, 0.2) is 0 Å². The molecule has 1 aliphatic heterocycles. The summed E-state index contributed by atoms with van der Waals surface area (Å²) in [6.45, 7) is 8.31. The van der Waals surface area contributed by atoms with Crippen LogP contribution in [-0.4, -0.2) is 64.5 Å². The van der Waals surface area contributed by atoms with Gasteiger partial charge < -0.3 is 14.9 Å². The van der Waals surface area contributed by atoms with Gasteiger partial charge in [-0.15, -0.1) is 0 Å². The van der Waals surface area contributed by atoms with E-state index in [-0.39, 0.29) is 24.2 Å². The van der Waals surface area contributed by atoms with Gasteiger partial charge in [-0.05, 0) is 56.4 Å². The van der Waals surface area contributed by atoms with Crippen LogP contribution in [0.2, 0.25) is 5.15 Å². The largest absolute Gasteiger partial charge is 0.481 e. The zero-order valence-corrected chi connectivity index (χ0v) is 16.3. The number of likely N-dealkylation sites (tertiary alicyclic amines) is 1. The summed E-state index contributed by atoms with van der Waals surface area (Å²) >= 11 is 5.90. The van der Waals surface area contributed by atoms with Crippen LogP contribution in [0.25, 0.3) is 0 Å². The first-order chi connectivity index (χ1) is 12.4. The van der Waals surface area contributed by atoms with Crippen molar-refractivity contribution in [3.05, 3.63) is 29.0 Å². The number of halogens is 1. The maximum absolute atomic E-state index is 12.8. The Morgan fingerprint density at radius 1 is 1.35 bits per heavy atom. The van der Waals surface area contributed by atoms with E-state index in [1.165, 1.54) is 6.20 Å². The summed E-state index contributed by atoms with van der Waals surface area (Å²) in [5, 5.41) is 9.52. The van der Waals surface area contributed by atoms with Crippen LogP contribution in [-0.2, 0) is 4.79 Å². The molecule has 6 nitrogen and oxygen atoms in total. The van der Waals surface area contributed by atoms with Gasteiger partial charge in [-0.3, -0.25) is 9.59 Å². The van der Waals surface area contributed by atoms with Crippen LogP contribution in [0.5, 0.6) is 0 Å². The van der Waals surface area contributed by atoms with E-state index < -0.39 is 5.97 Å². The van der Waals surface area contributed by atoms with Gasteiger partial charge in [0.25, 0.3) is 5.91 Å². The minimum Gasteiger partial charge on any atom is -0.481 e. The van der Waals surface area contributed by atoms with E-state index in [1.807, 2.05) is 4.90 Å². The number of rotatable bonds is 8.